The number of aromatic nitrogens is 1. The molecule has 1 aliphatic rings. The SMILES string of the molecule is CCOc1ccc(N=C2NC(=O)/C(=C/c3cccn3-c3ccc(Br)cc3)S2)cc1. The van der Waals surface area contributed by atoms with Crippen molar-refractivity contribution in [1.82, 2.24) is 9.88 Å². The molecule has 0 saturated carbocycles. The Hall–Kier alpha value is -2.77. The Morgan fingerprint density at radius 1 is 1.14 bits per heavy atom. The van der Waals surface area contributed by atoms with E-state index in [-0.39, 0.29) is 5.91 Å². The summed E-state index contributed by atoms with van der Waals surface area (Å²) >= 11 is 4.78. The summed E-state index contributed by atoms with van der Waals surface area (Å²) in [4.78, 5) is 17.5. The van der Waals surface area contributed by atoms with Crippen LogP contribution in [0.4, 0.5) is 5.69 Å². The smallest absolute Gasteiger partial charge is 0.264 e. The molecule has 1 aromatic heterocycles. The highest BCUT2D eigenvalue weighted by Gasteiger charge is 2.24. The molecule has 0 unspecified atom stereocenters. The van der Waals surface area contributed by atoms with E-state index in [1.165, 1.54) is 11.8 Å². The summed E-state index contributed by atoms with van der Waals surface area (Å²) in [5.41, 5.74) is 2.71. The number of hydrogen-bond donors (Lipinski definition) is 1. The van der Waals surface area contributed by atoms with Crippen LogP contribution in [0.15, 0.2) is 81.2 Å². The summed E-state index contributed by atoms with van der Waals surface area (Å²) in [5.74, 6) is 0.650. The minimum Gasteiger partial charge on any atom is -0.494 e. The first-order valence-electron chi connectivity index (χ1n) is 9.08. The van der Waals surface area contributed by atoms with Crippen molar-refractivity contribution in [2.45, 2.75) is 6.92 Å². The molecular weight excluding hydrogens is 450 g/mol. The van der Waals surface area contributed by atoms with Gasteiger partial charge in [-0.05, 0) is 85.4 Å². The standard InChI is InChI=1S/C22H18BrN3O2S/c1-2-28-19-11-7-16(8-12-19)24-22-25-21(27)20(29-22)14-18-4-3-13-26(18)17-9-5-15(23)6-10-17/h3-14H,2H2,1H3,(H,24,25,27)/b20-14-. The second-order valence-electron chi connectivity index (χ2n) is 6.19. The Balaban J connectivity index is 1.55. The van der Waals surface area contributed by atoms with E-state index in [0.29, 0.717) is 16.7 Å². The highest BCUT2D eigenvalue weighted by Crippen LogP contribution is 2.29. The Morgan fingerprint density at radius 2 is 1.90 bits per heavy atom. The quantitative estimate of drug-likeness (QED) is 0.501. The Labute approximate surface area is 181 Å². The zero-order chi connectivity index (χ0) is 20.2. The van der Waals surface area contributed by atoms with Gasteiger partial charge in [0.2, 0.25) is 0 Å². The Kier molecular flexibility index (Phi) is 5.87. The van der Waals surface area contributed by atoms with Gasteiger partial charge in [-0.1, -0.05) is 15.9 Å². The van der Waals surface area contributed by atoms with Crippen molar-refractivity contribution < 1.29 is 9.53 Å². The number of amidine groups is 1. The van der Waals surface area contributed by atoms with Crippen LogP contribution in [0.5, 0.6) is 5.75 Å². The van der Waals surface area contributed by atoms with E-state index in [2.05, 4.69) is 26.2 Å². The molecule has 0 aliphatic carbocycles. The van der Waals surface area contributed by atoms with Gasteiger partial charge in [-0.2, -0.15) is 0 Å². The molecule has 1 N–H and O–H groups in total. The van der Waals surface area contributed by atoms with Crippen molar-refractivity contribution in [2.24, 2.45) is 4.99 Å². The molecule has 0 bridgehead atoms. The van der Waals surface area contributed by atoms with Crippen LogP contribution in [0, 0.1) is 0 Å². The lowest BCUT2D eigenvalue weighted by Gasteiger charge is -2.07. The summed E-state index contributed by atoms with van der Waals surface area (Å²) in [6, 6.07) is 19.4. The van der Waals surface area contributed by atoms with Crippen molar-refractivity contribution in [3.8, 4) is 11.4 Å². The van der Waals surface area contributed by atoms with Crippen LogP contribution >= 0.6 is 27.7 Å². The first kappa shape index (κ1) is 19.5. The molecule has 5 nitrogen and oxygen atoms in total. The van der Waals surface area contributed by atoms with Gasteiger partial charge >= 0.3 is 0 Å². The molecule has 0 spiro atoms. The zero-order valence-corrected chi connectivity index (χ0v) is 18.0. The van der Waals surface area contributed by atoms with Crippen LogP contribution in [0.1, 0.15) is 12.6 Å². The van der Waals surface area contributed by atoms with Gasteiger partial charge in [0.25, 0.3) is 5.91 Å². The fourth-order valence-electron chi connectivity index (χ4n) is 2.86. The van der Waals surface area contributed by atoms with Crippen LogP contribution in [0.2, 0.25) is 0 Å². The fraction of sp³-hybridized carbons (Fsp3) is 0.0909. The number of nitrogens with zero attached hydrogens (tertiary/aromatic N) is 2. The first-order chi connectivity index (χ1) is 14.1. The van der Waals surface area contributed by atoms with Gasteiger partial charge in [0.05, 0.1) is 17.2 Å². The molecule has 3 aromatic rings. The molecule has 1 aliphatic heterocycles. The second-order valence-corrected chi connectivity index (χ2v) is 8.13. The maximum atomic E-state index is 12.4. The number of carbonyl (C=O) groups is 1. The van der Waals surface area contributed by atoms with E-state index in [1.54, 1.807) is 0 Å². The van der Waals surface area contributed by atoms with E-state index in [9.17, 15) is 4.79 Å². The third kappa shape index (κ3) is 4.63. The number of ether oxygens (including phenoxy) is 1. The lowest BCUT2D eigenvalue weighted by Crippen LogP contribution is -2.19. The molecule has 2 heterocycles. The summed E-state index contributed by atoms with van der Waals surface area (Å²) in [5, 5.41) is 3.39. The van der Waals surface area contributed by atoms with Crippen LogP contribution in [-0.4, -0.2) is 22.2 Å². The summed E-state index contributed by atoms with van der Waals surface area (Å²) in [6.07, 6.45) is 3.85. The van der Waals surface area contributed by atoms with Gasteiger partial charge in [0.1, 0.15) is 5.75 Å². The third-order valence-electron chi connectivity index (χ3n) is 4.19. The van der Waals surface area contributed by atoms with Gasteiger partial charge in [0, 0.05) is 22.1 Å². The lowest BCUT2D eigenvalue weighted by atomic mass is 10.3. The third-order valence-corrected chi connectivity index (χ3v) is 5.63. The van der Waals surface area contributed by atoms with Gasteiger partial charge in [-0.25, -0.2) is 4.99 Å². The van der Waals surface area contributed by atoms with Crippen LogP contribution in [0.3, 0.4) is 0 Å². The van der Waals surface area contributed by atoms with Crippen molar-refractivity contribution in [3.63, 3.8) is 0 Å². The number of amides is 1. The van der Waals surface area contributed by atoms with Crippen molar-refractivity contribution in [3.05, 3.63) is 81.9 Å². The van der Waals surface area contributed by atoms with Crippen LogP contribution in [-0.2, 0) is 4.79 Å². The molecule has 0 atom stereocenters. The molecular formula is C22H18BrN3O2S. The maximum absolute atomic E-state index is 12.4. The average Bonchev–Trinajstić information content (AvgIpc) is 3.31. The molecule has 4 rings (SSSR count). The molecule has 29 heavy (non-hydrogen) atoms. The van der Waals surface area contributed by atoms with Gasteiger partial charge < -0.3 is 14.6 Å². The monoisotopic (exact) mass is 467 g/mol. The predicted molar refractivity (Wildman–Crippen MR) is 122 cm³/mol. The first-order valence-corrected chi connectivity index (χ1v) is 10.7. The fourth-order valence-corrected chi connectivity index (χ4v) is 3.96. The number of hydrogen-bond acceptors (Lipinski definition) is 4. The minimum atomic E-state index is -0.150. The highest BCUT2D eigenvalue weighted by atomic mass is 79.9. The van der Waals surface area contributed by atoms with Gasteiger partial charge in [-0.3, -0.25) is 4.79 Å². The predicted octanol–water partition coefficient (Wildman–Crippen LogP) is 5.53. The van der Waals surface area contributed by atoms with E-state index < -0.39 is 0 Å². The number of thioether (sulfide) groups is 1. The Bertz CT molecular complexity index is 1090. The highest BCUT2D eigenvalue weighted by molar-refractivity contribution is 9.10. The number of benzene rings is 2. The molecule has 1 fully saturated rings. The number of carbonyl (C=O) groups excluding carboxylic acids is 1. The summed E-state index contributed by atoms with van der Waals surface area (Å²) in [7, 11) is 0. The van der Waals surface area contributed by atoms with Crippen molar-refractivity contribution in [1.29, 1.82) is 0 Å². The lowest BCUT2D eigenvalue weighted by molar-refractivity contribution is -0.115. The van der Waals surface area contributed by atoms with Crippen molar-refractivity contribution in [2.75, 3.05) is 6.61 Å². The summed E-state index contributed by atoms with van der Waals surface area (Å²) in [6.45, 7) is 2.57. The minimum absolute atomic E-state index is 0.150. The molecule has 2 aromatic carbocycles. The summed E-state index contributed by atoms with van der Waals surface area (Å²) < 4.78 is 8.50. The molecule has 7 heteroatoms. The number of nitrogens with one attached hydrogen (secondary N) is 1. The number of aliphatic imine (C=N–C) groups is 1. The van der Waals surface area contributed by atoms with E-state index in [0.717, 1.165) is 27.3 Å². The molecule has 1 amide bonds. The van der Waals surface area contributed by atoms with Gasteiger partial charge in [0.15, 0.2) is 5.17 Å². The topological polar surface area (TPSA) is 55.6 Å². The van der Waals surface area contributed by atoms with Crippen molar-refractivity contribution >= 4 is 50.5 Å². The largest absolute Gasteiger partial charge is 0.494 e. The average molecular weight is 468 g/mol. The molecule has 146 valence electrons. The number of rotatable bonds is 5. The molecule has 0 radical (unpaired) electrons. The van der Waals surface area contributed by atoms with E-state index in [4.69, 9.17) is 4.74 Å². The second kappa shape index (κ2) is 8.71. The Morgan fingerprint density at radius 3 is 2.62 bits per heavy atom. The maximum Gasteiger partial charge on any atom is 0.264 e. The van der Waals surface area contributed by atoms with E-state index in [1.807, 2.05) is 84.4 Å². The van der Waals surface area contributed by atoms with Crippen LogP contribution in [0.25, 0.3) is 11.8 Å². The zero-order valence-electron chi connectivity index (χ0n) is 15.6. The van der Waals surface area contributed by atoms with Gasteiger partial charge in [-0.15, -0.1) is 0 Å². The van der Waals surface area contributed by atoms with Crippen LogP contribution < -0.4 is 10.1 Å². The van der Waals surface area contributed by atoms with E-state index >= 15 is 0 Å². The molecule has 1 saturated heterocycles. The number of halogens is 1. The normalized spacial score (nSPS) is 16.4.